The molecule has 1 unspecified atom stereocenters. The van der Waals surface area contributed by atoms with E-state index < -0.39 is 0 Å². The zero-order valence-corrected chi connectivity index (χ0v) is 7.12. The maximum Gasteiger partial charge on any atom is 0.0508 e. The van der Waals surface area contributed by atoms with E-state index in [1.807, 2.05) is 6.20 Å². The third-order valence-electron chi connectivity index (χ3n) is 2.04. The van der Waals surface area contributed by atoms with Gasteiger partial charge in [-0.1, -0.05) is 18.2 Å². The Bertz CT molecular complexity index is 216. The average Bonchev–Trinajstić information content (AvgIpc) is 2.05. The first-order valence-corrected chi connectivity index (χ1v) is 3.73. The SMILES string of the molecule is C1=CNC2CC=CCC2=C1.[Cu]. The Morgan fingerprint density at radius 3 is 3.09 bits per heavy atom. The third kappa shape index (κ3) is 1.76. The first kappa shape index (κ1) is 8.63. The van der Waals surface area contributed by atoms with Gasteiger partial charge < -0.3 is 5.32 Å². The van der Waals surface area contributed by atoms with Crippen molar-refractivity contribution in [3.8, 4) is 0 Å². The summed E-state index contributed by atoms with van der Waals surface area (Å²) in [6.07, 6.45) is 13.1. The number of dihydropyridines is 1. The van der Waals surface area contributed by atoms with Crippen LogP contribution in [-0.4, -0.2) is 6.04 Å². The number of nitrogens with one attached hydrogen (secondary N) is 1. The largest absolute Gasteiger partial charge is 0.384 e. The summed E-state index contributed by atoms with van der Waals surface area (Å²) in [5.41, 5.74) is 1.52. The molecule has 0 bridgehead atoms. The summed E-state index contributed by atoms with van der Waals surface area (Å²) in [4.78, 5) is 0. The molecular formula is C9H11CuN. The Hall–Kier alpha value is -0.461. The van der Waals surface area contributed by atoms with Crippen molar-refractivity contribution < 1.29 is 17.1 Å². The maximum atomic E-state index is 3.32. The van der Waals surface area contributed by atoms with Gasteiger partial charge in [-0.3, -0.25) is 0 Å². The van der Waals surface area contributed by atoms with Crippen LogP contribution in [0.25, 0.3) is 0 Å². The zero-order valence-electron chi connectivity index (χ0n) is 6.18. The number of allylic oxidation sites excluding steroid dienone is 3. The monoisotopic (exact) mass is 196 g/mol. The van der Waals surface area contributed by atoms with Gasteiger partial charge in [-0.25, -0.2) is 0 Å². The van der Waals surface area contributed by atoms with Crippen LogP contribution < -0.4 is 5.32 Å². The number of hydrogen-bond acceptors (Lipinski definition) is 1. The van der Waals surface area contributed by atoms with Gasteiger partial charge in [-0.15, -0.1) is 0 Å². The molecule has 2 rings (SSSR count). The van der Waals surface area contributed by atoms with Gasteiger partial charge in [0, 0.05) is 17.1 Å². The Labute approximate surface area is 77.7 Å². The van der Waals surface area contributed by atoms with Crippen LogP contribution in [0.2, 0.25) is 0 Å². The van der Waals surface area contributed by atoms with Gasteiger partial charge in [0.1, 0.15) is 0 Å². The van der Waals surface area contributed by atoms with E-state index in [4.69, 9.17) is 0 Å². The van der Waals surface area contributed by atoms with Crippen molar-refractivity contribution in [1.82, 2.24) is 5.32 Å². The van der Waals surface area contributed by atoms with Crippen LogP contribution in [-0.2, 0) is 17.1 Å². The third-order valence-corrected chi connectivity index (χ3v) is 2.04. The summed E-state index contributed by atoms with van der Waals surface area (Å²) in [7, 11) is 0. The summed E-state index contributed by atoms with van der Waals surface area (Å²) in [6, 6.07) is 0.593. The van der Waals surface area contributed by atoms with E-state index in [1.54, 1.807) is 0 Å². The second kappa shape index (κ2) is 3.79. The van der Waals surface area contributed by atoms with Crippen molar-refractivity contribution in [2.24, 2.45) is 0 Å². The van der Waals surface area contributed by atoms with Crippen LogP contribution in [0.4, 0.5) is 0 Å². The molecule has 0 aromatic heterocycles. The van der Waals surface area contributed by atoms with Gasteiger partial charge >= 0.3 is 0 Å². The topological polar surface area (TPSA) is 12.0 Å². The molecule has 0 spiro atoms. The normalized spacial score (nSPS) is 26.2. The summed E-state index contributed by atoms with van der Waals surface area (Å²) in [5, 5.41) is 3.32. The second-order valence-corrected chi connectivity index (χ2v) is 2.73. The fraction of sp³-hybridized carbons (Fsp3) is 0.333. The number of rotatable bonds is 0. The molecule has 1 heterocycles. The molecule has 1 aliphatic heterocycles. The standard InChI is InChI=1S/C9H11N.Cu/c1-2-6-9-8(4-1)5-3-7-10-9;/h1-3,5,7,9-10H,4,6H2;. The van der Waals surface area contributed by atoms with Gasteiger partial charge in [0.25, 0.3) is 0 Å². The Kier molecular flexibility index (Phi) is 2.98. The van der Waals surface area contributed by atoms with E-state index in [9.17, 15) is 0 Å². The van der Waals surface area contributed by atoms with Crippen molar-refractivity contribution >= 4 is 0 Å². The molecule has 0 aromatic carbocycles. The van der Waals surface area contributed by atoms with Crippen LogP contribution in [0.1, 0.15) is 12.8 Å². The molecule has 0 fully saturated rings. The molecule has 0 amide bonds. The van der Waals surface area contributed by atoms with Crippen molar-refractivity contribution in [3.63, 3.8) is 0 Å². The second-order valence-electron chi connectivity index (χ2n) is 2.73. The molecule has 63 valence electrons. The molecule has 0 saturated heterocycles. The van der Waals surface area contributed by atoms with Crippen LogP contribution in [0.5, 0.6) is 0 Å². The van der Waals surface area contributed by atoms with Crippen molar-refractivity contribution in [1.29, 1.82) is 0 Å². The molecule has 1 nitrogen and oxygen atoms in total. The van der Waals surface area contributed by atoms with Crippen molar-refractivity contribution in [2.45, 2.75) is 18.9 Å². The minimum Gasteiger partial charge on any atom is -0.384 e. The van der Waals surface area contributed by atoms with Gasteiger partial charge in [-0.05, 0) is 30.7 Å². The van der Waals surface area contributed by atoms with Gasteiger partial charge in [0.2, 0.25) is 0 Å². The molecular weight excluding hydrogens is 186 g/mol. The zero-order chi connectivity index (χ0) is 6.81. The summed E-state index contributed by atoms with van der Waals surface area (Å²) >= 11 is 0. The van der Waals surface area contributed by atoms with Crippen LogP contribution in [0.3, 0.4) is 0 Å². The summed E-state index contributed by atoms with van der Waals surface area (Å²) < 4.78 is 0. The molecule has 1 N–H and O–H groups in total. The Balaban J connectivity index is 0.000000605. The van der Waals surface area contributed by atoms with E-state index >= 15 is 0 Å². The van der Waals surface area contributed by atoms with E-state index in [1.165, 1.54) is 5.57 Å². The molecule has 1 aliphatic carbocycles. The first-order valence-electron chi connectivity index (χ1n) is 3.73. The Morgan fingerprint density at radius 1 is 1.36 bits per heavy atom. The van der Waals surface area contributed by atoms with E-state index in [0.717, 1.165) is 12.8 Å². The molecule has 1 radical (unpaired) electrons. The molecule has 2 aliphatic rings. The predicted octanol–water partition coefficient (Wildman–Crippen LogP) is 1.75. The Morgan fingerprint density at radius 2 is 2.27 bits per heavy atom. The minimum absolute atomic E-state index is 0. The molecule has 11 heavy (non-hydrogen) atoms. The predicted molar refractivity (Wildman–Crippen MR) is 42.5 cm³/mol. The number of fused-ring (bicyclic) bond motifs is 1. The van der Waals surface area contributed by atoms with Gasteiger partial charge in [0.15, 0.2) is 0 Å². The fourth-order valence-corrected chi connectivity index (χ4v) is 1.45. The van der Waals surface area contributed by atoms with E-state index in [0.29, 0.717) is 6.04 Å². The van der Waals surface area contributed by atoms with Gasteiger partial charge in [-0.2, -0.15) is 0 Å². The molecule has 0 saturated carbocycles. The maximum absolute atomic E-state index is 3.32. The molecule has 0 aromatic rings. The first-order chi connectivity index (χ1) is 4.97. The fourth-order valence-electron chi connectivity index (χ4n) is 1.45. The van der Waals surface area contributed by atoms with E-state index in [2.05, 4.69) is 29.6 Å². The van der Waals surface area contributed by atoms with Crippen molar-refractivity contribution in [3.05, 3.63) is 36.1 Å². The van der Waals surface area contributed by atoms with Crippen molar-refractivity contribution in [2.75, 3.05) is 0 Å². The minimum atomic E-state index is 0. The number of hydrogen-bond donors (Lipinski definition) is 1. The smallest absolute Gasteiger partial charge is 0.0508 e. The van der Waals surface area contributed by atoms with E-state index in [-0.39, 0.29) is 17.1 Å². The quantitative estimate of drug-likeness (QED) is 0.460. The molecule has 2 heteroatoms. The van der Waals surface area contributed by atoms with Crippen LogP contribution in [0, 0.1) is 0 Å². The summed E-state index contributed by atoms with van der Waals surface area (Å²) in [5.74, 6) is 0. The average molecular weight is 197 g/mol. The summed E-state index contributed by atoms with van der Waals surface area (Å²) in [6.45, 7) is 0. The molecule has 1 atom stereocenters. The van der Waals surface area contributed by atoms with Crippen LogP contribution in [0.15, 0.2) is 36.1 Å². The van der Waals surface area contributed by atoms with Crippen LogP contribution >= 0.6 is 0 Å². The van der Waals surface area contributed by atoms with Gasteiger partial charge in [0.05, 0.1) is 6.04 Å².